The van der Waals surface area contributed by atoms with Gasteiger partial charge in [-0.25, -0.2) is 12.5 Å². The van der Waals surface area contributed by atoms with Crippen LogP contribution in [0, 0.1) is 0 Å². The average Bonchev–Trinajstić information content (AvgIpc) is 3.15. The van der Waals surface area contributed by atoms with E-state index >= 15 is 0 Å². The zero-order valence-corrected chi connectivity index (χ0v) is 20.3. The Balaban J connectivity index is 2.36. The van der Waals surface area contributed by atoms with E-state index in [-0.39, 0.29) is 0 Å². The number of rotatable bonds is 14. The molecule has 0 aliphatic carbocycles. The summed E-state index contributed by atoms with van der Waals surface area (Å²) in [4.78, 5) is 0. The summed E-state index contributed by atoms with van der Waals surface area (Å²) in [7, 11) is -15.5. The van der Waals surface area contributed by atoms with Gasteiger partial charge in [0.15, 0.2) is 12.1 Å². The van der Waals surface area contributed by atoms with Gasteiger partial charge < -0.3 is 14.2 Å². The van der Waals surface area contributed by atoms with Crippen molar-refractivity contribution < 1.29 is 65.7 Å². The molecule has 18 heteroatoms. The molecular weight excluding hydrogens is 516 g/mol. The van der Waals surface area contributed by atoms with Crippen molar-refractivity contribution >= 4 is 31.2 Å². The van der Waals surface area contributed by atoms with Crippen LogP contribution in [0.4, 0.5) is 0 Å². The first kappa shape index (κ1) is 28.7. The van der Waals surface area contributed by atoms with Crippen LogP contribution >= 0.6 is 0 Å². The Labute approximate surface area is 192 Å². The van der Waals surface area contributed by atoms with Gasteiger partial charge >= 0.3 is 31.2 Å². The predicted molar refractivity (Wildman–Crippen MR) is 107 cm³/mol. The lowest BCUT2D eigenvalue weighted by atomic mass is 10.0. The molecule has 15 nitrogen and oxygen atoms in total. The highest BCUT2D eigenvalue weighted by molar-refractivity contribution is 7.81. The van der Waals surface area contributed by atoms with Gasteiger partial charge in [-0.1, -0.05) is 26.7 Å². The van der Waals surface area contributed by atoms with Gasteiger partial charge in [-0.2, -0.15) is 25.3 Å². The van der Waals surface area contributed by atoms with Crippen molar-refractivity contribution in [3.63, 3.8) is 0 Å². The molecule has 0 bridgehead atoms. The zero-order valence-electron chi connectivity index (χ0n) is 17.8. The molecule has 3 N–H and O–H groups in total. The van der Waals surface area contributed by atoms with Gasteiger partial charge in [0.1, 0.15) is 24.4 Å². The largest absolute Gasteiger partial charge is 0.397 e. The molecule has 0 aromatic rings. The zero-order chi connectivity index (χ0) is 25.1. The van der Waals surface area contributed by atoms with Gasteiger partial charge in [0.05, 0.1) is 6.61 Å². The van der Waals surface area contributed by atoms with Crippen molar-refractivity contribution in [2.45, 2.75) is 88.9 Å². The van der Waals surface area contributed by atoms with Crippen molar-refractivity contribution in [1.29, 1.82) is 0 Å². The molecule has 2 aliphatic rings. The Bertz CT molecular complexity index is 953. The summed E-state index contributed by atoms with van der Waals surface area (Å²) < 4.78 is 125. The number of hydrogen-bond acceptors (Lipinski definition) is 12. The Morgan fingerprint density at radius 3 is 1.91 bits per heavy atom. The summed E-state index contributed by atoms with van der Waals surface area (Å²) >= 11 is 0. The summed E-state index contributed by atoms with van der Waals surface area (Å²) in [6.45, 7) is 2.63. The molecule has 196 valence electrons. The lowest BCUT2D eigenvalue weighted by Gasteiger charge is -2.32. The van der Waals surface area contributed by atoms with Gasteiger partial charge in [0, 0.05) is 12.8 Å². The third-order valence-corrected chi connectivity index (χ3v) is 6.33. The van der Waals surface area contributed by atoms with Gasteiger partial charge in [-0.15, -0.1) is 0 Å². The third kappa shape index (κ3) is 8.89. The molecule has 0 spiro atoms. The summed E-state index contributed by atoms with van der Waals surface area (Å²) in [6, 6.07) is 0. The minimum absolute atomic E-state index is 0.417. The highest BCUT2D eigenvalue weighted by Crippen LogP contribution is 2.45. The molecular formula is C15H28O15S3. The van der Waals surface area contributed by atoms with Crippen molar-refractivity contribution in [2.24, 2.45) is 0 Å². The standard InChI is InChI=1S/C15H28O15S3/c1-3-5-7-15(8-6-4-2)27-13-12(30-33(22,23)24)11(26-14(13)28-15)10(29-32(19,20)21)9-25-31(16,17)18/h10-14H,3-9H2,1-2H3,(H,16,17,18)(H,19,20,21)(H,22,23,24)/t10-,11-,12+,13-,14?/m1/s1. The van der Waals surface area contributed by atoms with Crippen molar-refractivity contribution in [1.82, 2.24) is 0 Å². The number of ether oxygens (including phenoxy) is 3. The average molecular weight is 545 g/mol. The molecule has 2 rings (SSSR count). The van der Waals surface area contributed by atoms with Gasteiger partial charge in [0.25, 0.3) is 0 Å². The Kier molecular flexibility index (Phi) is 9.61. The van der Waals surface area contributed by atoms with Crippen LogP contribution in [0.3, 0.4) is 0 Å². The first-order valence-electron chi connectivity index (χ1n) is 10.0. The summed E-state index contributed by atoms with van der Waals surface area (Å²) in [6.07, 6.45) is -4.51. The molecule has 0 radical (unpaired) electrons. The molecule has 0 aromatic heterocycles. The van der Waals surface area contributed by atoms with E-state index in [4.69, 9.17) is 23.3 Å². The lowest BCUT2D eigenvalue weighted by Crippen LogP contribution is -2.47. The van der Waals surface area contributed by atoms with E-state index in [0.29, 0.717) is 25.7 Å². The second kappa shape index (κ2) is 11.0. The Morgan fingerprint density at radius 1 is 0.879 bits per heavy atom. The minimum atomic E-state index is -5.25. The molecule has 33 heavy (non-hydrogen) atoms. The van der Waals surface area contributed by atoms with E-state index in [0.717, 1.165) is 12.8 Å². The highest BCUT2D eigenvalue weighted by atomic mass is 32.3. The molecule has 1 unspecified atom stereocenters. The van der Waals surface area contributed by atoms with E-state index < -0.39 is 74.3 Å². The second-order valence-corrected chi connectivity index (χ2v) is 10.7. The van der Waals surface area contributed by atoms with E-state index in [1.807, 2.05) is 13.8 Å². The maximum Gasteiger partial charge on any atom is 0.397 e. The first-order chi connectivity index (χ1) is 15.1. The van der Waals surface area contributed by atoms with E-state index in [1.165, 1.54) is 0 Å². The van der Waals surface area contributed by atoms with Crippen LogP contribution in [0.5, 0.6) is 0 Å². The van der Waals surface area contributed by atoms with Gasteiger partial charge in [-0.3, -0.25) is 13.7 Å². The monoisotopic (exact) mass is 544 g/mol. The Hall–Kier alpha value is -0.510. The summed E-state index contributed by atoms with van der Waals surface area (Å²) in [5.41, 5.74) is 0. The molecule has 0 amide bonds. The van der Waals surface area contributed by atoms with E-state index in [9.17, 15) is 29.8 Å². The van der Waals surface area contributed by atoms with Crippen LogP contribution in [0.1, 0.15) is 52.4 Å². The predicted octanol–water partition coefficient (Wildman–Crippen LogP) is 0.399. The highest BCUT2D eigenvalue weighted by Gasteiger charge is 2.61. The maximum absolute atomic E-state index is 11.5. The summed E-state index contributed by atoms with van der Waals surface area (Å²) in [5, 5.41) is 0. The fourth-order valence-electron chi connectivity index (χ4n) is 3.65. The van der Waals surface area contributed by atoms with Crippen LogP contribution in [-0.4, -0.2) is 82.0 Å². The van der Waals surface area contributed by atoms with Crippen LogP contribution in [0.15, 0.2) is 0 Å². The first-order valence-corrected chi connectivity index (χ1v) is 14.1. The quantitative estimate of drug-likeness (QED) is 0.252. The Morgan fingerprint density at radius 2 is 1.45 bits per heavy atom. The number of fused-ring (bicyclic) bond motifs is 1. The topological polar surface area (TPSA) is 218 Å². The lowest BCUT2D eigenvalue weighted by molar-refractivity contribution is -0.247. The van der Waals surface area contributed by atoms with Gasteiger partial charge in [-0.05, 0) is 12.8 Å². The number of unbranched alkanes of at least 4 members (excludes halogenated alkanes) is 2. The second-order valence-electron chi connectivity index (χ2n) is 7.55. The molecule has 2 saturated heterocycles. The van der Waals surface area contributed by atoms with Crippen LogP contribution < -0.4 is 0 Å². The van der Waals surface area contributed by atoms with Crippen LogP contribution in [0.25, 0.3) is 0 Å². The molecule has 0 saturated carbocycles. The number of hydrogen-bond donors (Lipinski definition) is 3. The molecule has 2 aliphatic heterocycles. The fourth-order valence-corrected chi connectivity index (χ4v) is 4.93. The maximum atomic E-state index is 11.5. The van der Waals surface area contributed by atoms with E-state index in [2.05, 4.69) is 12.5 Å². The van der Waals surface area contributed by atoms with Gasteiger partial charge in [0.2, 0.25) is 0 Å². The minimum Gasteiger partial charge on any atom is -0.341 e. The molecule has 0 aromatic carbocycles. The van der Waals surface area contributed by atoms with Crippen LogP contribution in [0.2, 0.25) is 0 Å². The third-order valence-electron chi connectivity index (χ3n) is 4.94. The van der Waals surface area contributed by atoms with Crippen molar-refractivity contribution in [2.75, 3.05) is 6.61 Å². The fraction of sp³-hybridized carbons (Fsp3) is 1.00. The van der Waals surface area contributed by atoms with Crippen molar-refractivity contribution in [3.05, 3.63) is 0 Å². The summed E-state index contributed by atoms with van der Waals surface area (Å²) in [5.74, 6) is -1.17. The SMILES string of the molecule is CCCCC1(CCCC)OC2O[C@H]([C@@H](COS(=O)(=O)O)OS(=O)(=O)O)[C@H](OS(=O)(=O)O)[C@H]2O1. The van der Waals surface area contributed by atoms with Crippen molar-refractivity contribution in [3.8, 4) is 0 Å². The smallest absolute Gasteiger partial charge is 0.341 e. The molecule has 2 heterocycles. The molecule has 2 fully saturated rings. The van der Waals surface area contributed by atoms with E-state index in [1.54, 1.807) is 0 Å². The normalized spacial score (nSPS) is 28.6. The molecule has 5 atom stereocenters. The van der Waals surface area contributed by atoms with Crippen LogP contribution in [-0.2, 0) is 58.0 Å².